The van der Waals surface area contributed by atoms with E-state index in [9.17, 15) is 0 Å². The monoisotopic (exact) mass is 1190 g/mol. The lowest BCUT2D eigenvalue weighted by atomic mass is 10.2. The second-order valence-corrected chi connectivity index (χ2v) is 26.0. The van der Waals surface area contributed by atoms with Crippen LogP contribution in [-0.2, 0) is 0 Å². The summed E-state index contributed by atoms with van der Waals surface area (Å²) in [6.45, 7) is 16.6. The minimum Gasteiger partial charge on any atom is -0.413 e. The minimum atomic E-state index is -4.45. The van der Waals surface area contributed by atoms with E-state index in [2.05, 4.69) is 41.5 Å². The van der Waals surface area contributed by atoms with Crippen molar-refractivity contribution in [3.8, 4) is 34.5 Å². The fraction of sp³-hybridized carbons (Fsp3) is 0.364. The van der Waals surface area contributed by atoms with Crippen molar-refractivity contribution in [2.75, 3.05) is 39.3 Å². The molecular formula is C66H84N9O6P3. The van der Waals surface area contributed by atoms with Gasteiger partial charge in [-0.1, -0.05) is 166 Å². The molecule has 0 radical (unpaired) electrons. The van der Waals surface area contributed by atoms with E-state index in [4.69, 9.17) is 70.6 Å². The van der Waals surface area contributed by atoms with Crippen LogP contribution in [-0.4, -0.2) is 76.6 Å². The van der Waals surface area contributed by atoms with Gasteiger partial charge in [0.2, 0.25) is 0 Å². The van der Waals surface area contributed by atoms with Crippen molar-refractivity contribution in [2.24, 2.45) is 43.5 Å². The number of benzene rings is 6. The van der Waals surface area contributed by atoms with Gasteiger partial charge in [0.15, 0.2) is 0 Å². The molecule has 0 aromatic heterocycles. The van der Waals surface area contributed by atoms with Crippen LogP contribution < -0.4 is 27.1 Å². The maximum atomic E-state index is 7.57. The van der Waals surface area contributed by atoms with E-state index in [1.807, 2.05) is 183 Å². The SMILES string of the molecule is CCCCN=Cc1ccccc1OP1(Oc2ccccc2C=NCCCC)=NP(Oc2ccccc2C=NCCCC)(Oc2ccccc2C=NCCCC)=NP(Oc2ccccc2C=NCCCC)(Oc2ccccc2C=NCCCC)=N1. The fourth-order valence-electron chi connectivity index (χ4n) is 8.02. The van der Waals surface area contributed by atoms with E-state index < -0.39 is 23.0 Å². The first-order valence-electron chi connectivity index (χ1n) is 29.9. The van der Waals surface area contributed by atoms with Crippen LogP contribution >= 0.6 is 23.0 Å². The van der Waals surface area contributed by atoms with Gasteiger partial charge < -0.3 is 27.1 Å². The molecule has 0 saturated carbocycles. The van der Waals surface area contributed by atoms with Crippen LogP contribution in [0.4, 0.5) is 0 Å². The Morgan fingerprint density at radius 3 is 0.571 bits per heavy atom. The van der Waals surface area contributed by atoms with Crippen molar-refractivity contribution in [2.45, 2.75) is 119 Å². The molecule has 0 unspecified atom stereocenters. The summed E-state index contributed by atoms with van der Waals surface area (Å²) in [5.41, 5.74) is 4.00. The molecule has 1 aliphatic rings. The average molecular weight is 1190 g/mol. The van der Waals surface area contributed by atoms with Crippen LogP contribution in [0.15, 0.2) is 189 Å². The number of para-hydroxylation sites is 6. The van der Waals surface area contributed by atoms with Crippen LogP contribution in [0.3, 0.4) is 0 Å². The Morgan fingerprint density at radius 1 is 0.262 bits per heavy atom. The van der Waals surface area contributed by atoms with Crippen molar-refractivity contribution < 1.29 is 27.1 Å². The highest BCUT2D eigenvalue weighted by atomic mass is 31.3. The van der Waals surface area contributed by atoms with Gasteiger partial charge in [-0.05, 0) is 111 Å². The molecule has 1 heterocycles. The third-order valence-electron chi connectivity index (χ3n) is 12.7. The molecule has 15 nitrogen and oxygen atoms in total. The number of unbranched alkanes of at least 4 members (excludes halogenated alkanes) is 6. The predicted molar refractivity (Wildman–Crippen MR) is 355 cm³/mol. The Kier molecular flexibility index (Phi) is 27.0. The number of rotatable bonds is 36. The van der Waals surface area contributed by atoms with Crippen LogP contribution in [0.1, 0.15) is 152 Å². The summed E-state index contributed by atoms with van der Waals surface area (Å²) in [6.07, 6.45) is 22.3. The molecule has 444 valence electrons. The number of nitrogens with zero attached hydrogens (tertiary/aromatic N) is 9. The molecule has 1 aliphatic heterocycles. The van der Waals surface area contributed by atoms with Crippen LogP contribution in [0, 0.1) is 0 Å². The molecule has 84 heavy (non-hydrogen) atoms. The van der Waals surface area contributed by atoms with Crippen molar-refractivity contribution in [3.05, 3.63) is 179 Å². The first-order chi connectivity index (χ1) is 41.3. The molecule has 0 bridgehead atoms. The Bertz CT molecular complexity index is 2810. The lowest BCUT2D eigenvalue weighted by Crippen LogP contribution is -2.13. The number of hydrogen-bond donors (Lipinski definition) is 0. The first-order valence-corrected chi connectivity index (χ1v) is 34.5. The zero-order chi connectivity index (χ0) is 59.0. The summed E-state index contributed by atoms with van der Waals surface area (Å²) >= 11 is 0. The van der Waals surface area contributed by atoms with Crippen LogP contribution in [0.5, 0.6) is 34.5 Å². The largest absolute Gasteiger partial charge is 0.460 e. The van der Waals surface area contributed by atoms with Gasteiger partial charge in [-0.15, -0.1) is 0 Å². The lowest BCUT2D eigenvalue weighted by molar-refractivity contribution is 0.442. The average Bonchev–Trinajstić information content (AvgIpc) is 0.857. The Balaban J connectivity index is 1.68. The number of hydrogen-bond acceptors (Lipinski definition) is 15. The van der Waals surface area contributed by atoms with E-state index >= 15 is 0 Å². The zero-order valence-electron chi connectivity index (χ0n) is 49.9. The standard InChI is InChI=1S/C66H84N9O6P3/c1-7-13-43-67-49-55-31-19-25-37-61(55)76-82(77-62-38-26-20-32-56(62)50-68-44-14-8-2)73-83(78-63-39-27-21-33-57(63)51-69-45-15-9-3,79-64-40-28-22-34-58(64)52-70-46-16-10-4)75-84(74-82,80-65-41-29-23-35-59(65)53-71-47-17-11-5)81-66-42-30-24-36-60(66)54-72-48-18-12-6/h19-42,49-54H,7-18,43-48H2,1-6H3. The summed E-state index contributed by atoms with van der Waals surface area (Å²) in [7, 11) is -13.4. The van der Waals surface area contributed by atoms with Gasteiger partial charge >= 0.3 is 23.0 Å². The molecule has 6 aromatic rings. The van der Waals surface area contributed by atoms with Crippen LogP contribution in [0.25, 0.3) is 0 Å². The van der Waals surface area contributed by atoms with Gasteiger partial charge in [0.05, 0.1) is 0 Å². The Hall–Kier alpha value is -7.17. The molecule has 0 N–H and O–H groups in total. The summed E-state index contributed by atoms with van der Waals surface area (Å²) in [5, 5.41) is 0. The maximum absolute atomic E-state index is 7.57. The Morgan fingerprint density at radius 2 is 0.417 bits per heavy atom. The number of aliphatic imine (C=N–C) groups is 6. The molecule has 0 saturated heterocycles. The summed E-state index contributed by atoms with van der Waals surface area (Å²) in [5.74, 6) is 2.28. The highest BCUT2D eigenvalue weighted by Gasteiger charge is 2.50. The summed E-state index contributed by atoms with van der Waals surface area (Å²) in [6, 6.07) is 45.8. The summed E-state index contributed by atoms with van der Waals surface area (Å²) < 4.78 is 62.6. The van der Waals surface area contributed by atoms with E-state index in [0.717, 1.165) is 77.0 Å². The maximum Gasteiger partial charge on any atom is 0.460 e. The van der Waals surface area contributed by atoms with Gasteiger partial charge in [0.25, 0.3) is 0 Å². The Labute approximate surface area is 499 Å². The molecule has 6 aromatic carbocycles. The highest BCUT2D eigenvalue weighted by molar-refractivity contribution is 7.79. The second-order valence-electron chi connectivity index (χ2n) is 19.8. The van der Waals surface area contributed by atoms with Crippen molar-refractivity contribution in [1.82, 2.24) is 0 Å². The lowest BCUT2D eigenvalue weighted by Gasteiger charge is -2.34. The fourth-order valence-corrected chi connectivity index (χ4v) is 17.2. The second kappa shape index (κ2) is 35.2. The molecular weight excluding hydrogens is 1110 g/mol. The van der Waals surface area contributed by atoms with Crippen LogP contribution in [0.2, 0.25) is 0 Å². The van der Waals surface area contributed by atoms with Gasteiger partial charge in [-0.2, -0.15) is 0 Å². The van der Waals surface area contributed by atoms with Crippen molar-refractivity contribution >= 4 is 60.3 Å². The quantitative estimate of drug-likeness (QED) is 0.0216. The predicted octanol–water partition coefficient (Wildman–Crippen LogP) is 19.6. The third-order valence-corrected chi connectivity index (χ3v) is 20.8. The molecule has 18 heteroatoms. The van der Waals surface area contributed by atoms with Gasteiger partial charge in [-0.25, -0.2) is 0 Å². The molecule has 0 atom stereocenters. The van der Waals surface area contributed by atoms with Crippen molar-refractivity contribution in [3.63, 3.8) is 0 Å². The smallest absolute Gasteiger partial charge is 0.413 e. The minimum absolute atomic E-state index is 0.379. The van der Waals surface area contributed by atoms with Crippen molar-refractivity contribution in [1.29, 1.82) is 0 Å². The molecule has 0 spiro atoms. The molecule has 0 aliphatic carbocycles. The normalized spacial score (nSPS) is 17.9. The molecule has 0 fully saturated rings. The van der Waals surface area contributed by atoms with Gasteiger partial charge in [-0.3, -0.25) is 30.0 Å². The highest BCUT2D eigenvalue weighted by Crippen LogP contribution is 2.79. The topological polar surface area (TPSA) is 167 Å². The zero-order valence-corrected chi connectivity index (χ0v) is 52.5. The third kappa shape index (κ3) is 20.0. The van der Waals surface area contributed by atoms with E-state index in [0.29, 0.717) is 107 Å². The van der Waals surface area contributed by atoms with Gasteiger partial charge in [0.1, 0.15) is 34.5 Å². The van der Waals surface area contributed by atoms with E-state index in [1.165, 1.54) is 0 Å². The van der Waals surface area contributed by atoms with E-state index in [-0.39, 0.29) is 0 Å². The molecule has 0 amide bonds. The van der Waals surface area contributed by atoms with E-state index in [1.54, 1.807) is 0 Å². The first kappa shape index (κ1) is 64.4. The molecule has 7 rings (SSSR count). The van der Waals surface area contributed by atoms with Gasteiger partial charge in [0, 0.05) is 110 Å². The summed E-state index contributed by atoms with van der Waals surface area (Å²) in [4.78, 5) is 29.1.